The predicted octanol–water partition coefficient (Wildman–Crippen LogP) is 3.79. The van der Waals surface area contributed by atoms with Gasteiger partial charge in [0.25, 0.3) is 0 Å². The molecule has 1 spiro atoms. The number of ether oxygens (including phenoxy) is 1. The summed E-state index contributed by atoms with van der Waals surface area (Å²) in [6.07, 6.45) is 5.09. The van der Waals surface area contributed by atoms with Crippen molar-refractivity contribution in [3.05, 3.63) is 50.1 Å². The number of likely N-dealkylation sites (tertiary alicyclic amines) is 1. The van der Waals surface area contributed by atoms with Gasteiger partial charge in [-0.05, 0) is 78.5 Å². The molecule has 0 radical (unpaired) electrons. The van der Waals surface area contributed by atoms with E-state index in [1.54, 1.807) is 28.4 Å². The number of hydrogen-bond donors (Lipinski definition) is 2. The number of piperidine rings is 1. The molecule has 1 aromatic heterocycles. The van der Waals surface area contributed by atoms with Gasteiger partial charge in [0.05, 0.1) is 17.1 Å². The number of aliphatic hydroxyl groups is 1. The molecule has 6 nitrogen and oxygen atoms in total. The number of likely N-dealkylation sites (N-methyl/N-ethyl adjacent to an activating group) is 2. The number of aromatic hydroxyl groups is 1. The van der Waals surface area contributed by atoms with Gasteiger partial charge in [0, 0.05) is 39.5 Å². The predicted molar refractivity (Wildman–Crippen MR) is 135 cm³/mol. The van der Waals surface area contributed by atoms with Crippen LogP contribution >= 0.6 is 27.3 Å². The Labute approximate surface area is 212 Å². The third-order valence-electron chi connectivity index (χ3n) is 8.83. The first-order valence-corrected chi connectivity index (χ1v) is 13.5. The zero-order valence-corrected chi connectivity index (χ0v) is 21.9. The molecule has 4 aliphatic rings. The maximum absolute atomic E-state index is 13.3. The van der Waals surface area contributed by atoms with E-state index in [1.807, 2.05) is 30.6 Å². The molecule has 2 bridgehead atoms. The minimum absolute atomic E-state index is 0.0167. The Hall–Kier alpha value is -1.87. The van der Waals surface area contributed by atoms with Gasteiger partial charge in [-0.2, -0.15) is 0 Å². The molecule has 1 aromatic carbocycles. The van der Waals surface area contributed by atoms with E-state index >= 15 is 0 Å². The molecule has 180 valence electrons. The summed E-state index contributed by atoms with van der Waals surface area (Å²) in [7, 11) is 3.92. The van der Waals surface area contributed by atoms with Crippen LogP contribution in [-0.4, -0.2) is 70.3 Å². The lowest BCUT2D eigenvalue weighted by Gasteiger charge is -2.65. The van der Waals surface area contributed by atoms with E-state index in [9.17, 15) is 15.0 Å². The molecule has 2 fully saturated rings. The number of thiophene rings is 1. The van der Waals surface area contributed by atoms with Crippen molar-refractivity contribution in [1.82, 2.24) is 9.80 Å². The highest BCUT2D eigenvalue weighted by atomic mass is 79.9. The fourth-order valence-corrected chi connectivity index (χ4v) is 8.76. The van der Waals surface area contributed by atoms with Crippen LogP contribution in [0.3, 0.4) is 0 Å². The molecule has 1 saturated carbocycles. The van der Waals surface area contributed by atoms with Crippen molar-refractivity contribution >= 4 is 39.2 Å². The summed E-state index contributed by atoms with van der Waals surface area (Å²) < 4.78 is 7.58. The van der Waals surface area contributed by atoms with E-state index in [4.69, 9.17) is 4.74 Å². The van der Waals surface area contributed by atoms with Gasteiger partial charge in [-0.25, -0.2) is 0 Å². The molecule has 0 unspecified atom stereocenters. The number of carbonyl (C=O) groups is 1. The van der Waals surface area contributed by atoms with Crippen molar-refractivity contribution in [3.63, 3.8) is 0 Å². The lowest BCUT2D eigenvalue weighted by molar-refractivity contribution is -0.208. The van der Waals surface area contributed by atoms with E-state index in [1.165, 1.54) is 0 Å². The zero-order valence-electron chi connectivity index (χ0n) is 19.5. The van der Waals surface area contributed by atoms with Crippen LogP contribution in [0.2, 0.25) is 0 Å². The first kappa shape index (κ1) is 22.6. The van der Waals surface area contributed by atoms with Gasteiger partial charge >= 0.3 is 0 Å². The van der Waals surface area contributed by atoms with Crippen molar-refractivity contribution in [3.8, 4) is 11.5 Å². The molecular weight excluding hydrogens is 516 g/mol. The average molecular weight is 545 g/mol. The minimum atomic E-state index is -0.977. The largest absolute Gasteiger partial charge is 0.504 e. The molecule has 1 saturated heterocycles. The number of nitrogens with zero attached hydrogens (tertiary/aromatic N) is 2. The normalized spacial score (nSPS) is 35.8. The summed E-state index contributed by atoms with van der Waals surface area (Å²) in [5, 5.41) is 25.1. The molecule has 2 aliphatic heterocycles. The Morgan fingerprint density at radius 2 is 2.21 bits per heavy atom. The van der Waals surface area contributed by atoms with Gasteiger partial charge < -0.3 is 24.7 Å². The smallest absolute Gasteiger partial charge is 0.246 e. The molecule has 34 heavy (non-hydrogen) atoms. The minimum Gasteiger partial charge on any atom is -0.504 e. The Morgan fingerprint density at radius 3 is 2.94 bits per heavy atom. The van der Waals surface area contributed by atoms with Gasteiger partial charge in [-0.1, -0.05) is 13.0 Å². The first-order chi connectivity index (χ1) is 16.2. The van der Waals surface area contributed by atoms with E-state index in [-0.39, 0.29) is 29.7 Å². The van der Waals surface area contributed by atoms with Crippen molar-refractivity contribution < 1.29 is 19.7 Å². The molecule has 2 aliphatic carbocycles. The maximum Gasteiger partial charge on any atom is 0.246 e. The highest BCUT2D eigenvalue weighted by molar-refractivity contribution is 9.10. The number of phenolic OH excluding ortho intramolecular Hbond substituents is 1. The number of halogens is 1. The third-order valence-corrected chi connectivity index (χ3v) is 10.5. The Balaban J connectivity index is 1.43. The second-order valence-corrected chi connectivity index (χ2v) is 12.3. The molecular formula is C26H29BrN2O4S. The average Bonchev–Trinajstić information content (AvgIpc) is 3.36. The summed E-state index contributed by atoms with van der Waals surface area (Å²) in [6.45, 7) is 2.95. The van der Waals surface area contributed by atoms with Crippen LogP contribution in [0.1, 0.15) is 35.8 Å². The number of phenols is 1. The second kappa shape index (κ2) is 7.56. The van der Waals surface area contributed by atoms with Gasteiger partial charge in [0.1, 0.15) is 6.10 Å². The molecule has 3 heterocycles. The van der Waals surface area contributed by atoms with Crippen LogP contribution in [0.25, 0.3) is 6.08 Å². The van der Waals surface area contributed by atoms with Crippen LogP contribution in [-0.2, 0) is 16.6 Å². The summed E-state index contributed by atoms with van der Waals surface area (Å²) >= 11 is 5.03. The monoisotopic (exact) mass is 544 g/mol. The van der Waals surface area contributed by atoms with Crippen LogP contribution < -0.4 is 4.74 Å². The summed E-state index contributed by atoms with van der Waals surface area (Å²) in [6, 6.07) is 5.43. The van der Waals surface area contributed by atoms with Crippen molar-refractivity contribution in [2.75, 3.05) is 20.6 Å². The molecule has 2 aromatic rings. The first-order valence-electron chi connectivity index (χ1n) is 11.8. The Kier molecular flexibility index (Phi) is 5.02. The van der Waals surface area contributed by atoms with Gasteiger partial charge in [-0.15, -0.1) is 11.3 Å². The Morgan fingerprint density at radius 1 is 1.41 bits per heavy atom. The lowest BCUT2D eigenvalue weighted by Crippen LogP contribution is -2.79. The van der Waals surface area contributed by atoms with Crippen molar-refractivity contribution in [1.29, 1.82) is 0 Å². The quantitative estimate of drug-likeness (QED) is 0.575. The van der Waals surface area contributed by atoms with Crippen molar-refractivity contribution in [2.45, 2.75) is 55.4 Å². The van der Waals surface area contributed by atoms with Crippen molar-refractivity contribution in [2.24, 2.45) is 5.92 Å². The molecule has 8 heteroatoms. The number of hydrogen-bond acceptors (Lipinski definition) is 6. The third kappa shape index (κ3) is 2.83. The van der Waals surface area contributed by atoms with Gasteiger partial charge in [-0.3, -0.25) is 4.79 Å². The molecule has 2 N–H and O–H groups in total. The lowest BCUT2D eigenvalue weighted by atomic mass is 9.47. The Bertz CT molecular complexity index is 1210. The van der Waals surface area contributed by atoms with Crippen LogP contribution in [0, 0.1) is 5.92 Å². The van der Waals surface area contributed by atoms with E-state index in [0.717, 1.165) is 39.9 Å². The van der Waals surface area contributed by atoms with Crippen LogP contribution in [0.15, 0.2) is 34.1 Å². The fraction of sp³-hybridized carbons (Fsp3) is 0.500. The molecule has 6 atom stereocenters. The van der Waals surface area contributed by atoms with E-state index < -0.39 is 17.1 Å². The number of amides is 1. The summed E-state index contributed by atoms with van der Waals surface area (Å²) in [4.78, 5) is 18.4. The van der Waals surface area contributed by atoms with Crippen LogP contribution in [0.4, 0.5) is 0 Å². The summed E-state index contributed by atoms with van der Waals surface area (Å²) in [5.74, 6) is 0.550. The topological polar surface area (TPSA) is 73.2 Å². The standard InChI is InChI=1S/C26H29BrN2O4S/c1-14-12-26(32)19-10-15-4-6-18(30)23-21(15)25(26,8-9-28(19)2)24(33-23)22(14)29(3)20(31)7-5-17-11-16(27)13-34-17/h4-7,11,13-14,19,22,24,30,32H,8-10,12H2,1-3H3/b7-5+/t14-,19-,22-,24+,25+,26-/m1/s1. The molecule has 6 rings (SSSR count). The van der Waals surface area contributed by atoms with E-state index in [2.05, 4.69) is 34.8 Å². The SMILES string of the molecule is C[C@@H]1C[C@@]2(O)[C@H]3Cc4ccc(O)c5c4[C@@]2(CCN3C)[C@@H](O5)[C@@H]1N(C)C(=O)/C=C/c1cc(Br)cs1. The summed E-state index contributed by atoms with van der Waals surface area (Å²) in [5.41, 5.74) is 0.498. The van der Waals surface area contributed by atoms with Gasteiger partial charge in [0.15, 0.2) is 11.5 Å². The number of rotatable bonds is 3. The van der Waals surface area contributed by atoms with Gasteiger partial charge in [0.2, 0.25) is 5.91 Å². The number of carbonyl (C=O) groups excluding carboxylic acids is 1. The molecule has 1 amide bonds. The van der Waals surface area contributed by atoms with Crippen LogP contribution in [0.5, 0.6) is 11.5 Å². The number of benzene rings is 1. The highest BCUT2D eigenvalue weighted by Crippen LogP contribution is 2.66. The second-order valence-electron chi connectivity index (χ2n) is 10.5. The van der Waals surface area contributed by atoms with E-state index in [0.29, 0.717) is 12.2 Å². The maximum atomic E-state index is 13.3. The fourth-order valence-electron chi connectivity index (χ4n) is 7.42. The highest BCUT2D eigenvalue weighted by Gasteiger charge is 2.74. The zero-order chi connectivity index (χ0) is 24.0.